The maximum atomic E-state index is 11.6. The zero-order valence-electron chi connectivity index (χ0n) is 10.2. The third-order valence-electron chi connectivity index (χ3n) is 2.54. The van der Waals surface area contributed by atoms with Crippen LogP contribution in [0.4, 0.5) is 5.69 Å². The number of ether oxygens (including phenoxy) is 1. The lowest BCUT2D eigenvalue weighted by molar-refractivity contribution is -0.144. The number of nitrogens with zero attached hydrogens (tertiary/aromatic N) is 2. The van der Waals surface area contributed by atoms with E-state index < -0.39 is 0 Å². The van der Waals surface area contributed by atoms with Gasteiger partial charge < -0.3 is 10.5 Å². The molecule has 0 atom stereocenters. The van der Waals surface area contributed by atoms with E-state index in [1.54, 1.807) is 16.9 Å². The first kappa shape index (κ1) is 12.2. The molecule has 0 spiro atoms. The molecule has 18 heavy (non-hydrogen) atoms. The van der Waals surface area contributed by atoms with Crippen LogP contribution >= 0.6 is 0 Å². The van der Waals surface area contributed by atoms with Gasteiger partial charge in [0, 0.05) is 18.9 Å². The Balaban J connectivity index is 1.88. The number of hydrogen-bond acceptors (Lipinski definition) is 4. The van der Waals surface area contributed by atoms with E-state index in [4.69, 9.17) is 10.5 Å². The highest BCUT2D eigenvalue weighted by molar-refractivity contribution is 5.74. The Morgan fingerprint density at radius 3 is 2.83 bits per heavy atom. The van der Waals surface area contributed by atoms with Gasteiger partial charge in [0.1, 0.15) is 6.61 Å². The highest BCUT2D eigenvalue weighted by Crippen LogP contribution is 2.12. The van der Waals surface area contributed by atoms with Crippen molar-refractivity contribution in [3.8, 4) is 0 Å². The van der Waals surface area contributed by atoms with Crippen LogP contribution in [0.1, 0.15) is 11.3 Å². The molecule has 0 saturated carbocycles. The van der Waals surface area contributed by atoms with Gasteiger partial charge in [0.05, 0.1) is 12.1 Å². The molecule has 0 radical (unpaired) electrons. The molecule has 1 heterocycles. The second-order valence-electron chi connectivity index (χ2n) is 4.02. The minimum atomic E-state index is -0.307. The first-order valence-electron chi connectivity index (χ1n) is 5.62. The fraction of sp³-hybridized carbons (Fsp3) is 0.231. The molecule has 2 rings (SSSR count). The van der Waals surface area contributed by atoms with E-state index in [9.17, 15) is 4.79 Å². The van der Waals surface area contributed by atoms with Crippen molar-refractivity contribution in [2.24, 2.45) is 7.05 Å². The predicted molar refractivity (Wildman–Crippen MR) is 67.6 cm³/mol. The zero-order valence-corrected chi connectivity index (χ0v) is 10.2. The quantitative estimate of drug-likeness (QED) is 0.651. The molecule has 5 heteroatoms. The van der Waals surface area contributed by atoms with Crippen molar-refractivity contribution < 1.29 is 9.53 Å². The van der Waals surface area contributed by atoms with E-state index >= 15 is 0 Å². The normalized spacial score (nSPS) is 10.3. The Kier molecular flexibility index (Phi) is 3.62. The number of aromatic nitrogens is 2. The molecule has 1 aromatic heterocycles. The highest BCUT2D eigenvalue weighted by atomic mass is 16.5. The fourth-order valence-electron chi connectivity index (χ4n) is 1.60. The lowest BCUT2D eigenvalue weighted by Gasteiger charge is -2.05. The van der Waals surface area contributed by atoms with Crippen LogP contribution in [0, 0.1) is 0 Å². The van der Waals surface area contributed by atoms with Crippen LogP contribution in [0.3, 0.4) is 0 Å². The SMILES string of the molecule is Cn1ccc(COC(=O)Cc2ccccc2N)n1. The Morgan fingerprint density at radius 2 is 2.17 bits per heavy atom. The number of benzene rings is 1. The summed E-state index contributed by atoms with van der Waals surface area (Å²) in [5.41, 5.74) is 7.87. The Labute approximate surface area is 105 Å². The smallest absolute Gasteiger partial charge is 0.310 e. The summed E-state index contributed by atoms with van der Waals surface area (Å²) in [4.78, 5) is 11.6. The molecule has 0 amide bonds. The van der Waals surface area contributed by atoms with Gasteiger partial charge in [-0.15, -0.1) is 0 Å². The minimum absolute atomic E-state index is 0.180. The molecule has 2 aromatic rings. The summed E-state index contributed by atoms with van der Waals surface area (Å²) in [7, 11) is 1.82. The minimum Gasteiger partial charge on any atom is -0.459 e. The predicted octanol–water partition coefficient (Wildman–Crippen LogP) is 1.29. The van der Waals surface area contributed by atoms with Gasteiger partial charge in [-0.3, -0.25) is 9.48 Å². The number of rotatable bonds is 4. The molecule has 0 aliphatic carbocycles. The second kappa shape index (κ2) is 5.35. The van der Waals surface area contributed by atoms with Crippen molar-refractivity contribution in [2.75, 3.05) is 5.73 Å². The van der Waals surface area contributed by atoms with E-state index in [0.29, 0.717) is 5.69 Å². The van der Waals surface area contributed by atoms with Gasteiger partial charge in [0.25, 0.3) is 0 Å². The Bertz CT molecular complexity index is 549. The Morgan fingerprint density at radius 1 is 1.39 bits per heavy atom. The van der Waals surface area contributed by atoms with Gasteiger partial charge in [-0.2, -0.15) is 5.10 Å². The number of carbonyl (C=O) groups is 1. The van der Waals surface area contributed by atoms with Crippen LogP contribution in [-0.2, 0) is 29.6 Å². The van der Waals surface area contributed by atoms with Crippen molar-refractivity contribution in [3.05, 3.63) is 47.8 Å². The second-order valence-corrected chi connectivity index (χ2v) is 4.02. The molecule has 0 unspecified atom stereocenters. The monoisotopic (exact) mass is 245 g/mol. The molecule has 0 saturated heterocycles. The topological polar surface area (TPSA) is 70.1 Å². The summed E-state index contributed by atoms with van der Waals surface area (Å²) in [6.45, 7) is 0.187. The molecule has 1 aromatic carbocycles. The van der Waals surface area contributed by atoms with Gasteiger partial charge in [-0.1, -0.05) is 18.2 Å². The first-order valence-corrected chi connectivity index (χ1v) is 5.62. The number of para-hydroxylation sites is 1. The van der Waals surface area contributed by atoms with E-state index in [0.717, 1.165) is 11.3 Å². The molecule has 0 bridgehead atoms. The number of aryl methyl sites for hydroxylation is 1. The maximum absolute atomic E-state index is 11.6. The van der Waals surface area contributed by atoms with Crippen molar-refractivity contribution in [1.29, 1.82) is 0 Å². The zero-order chi connectivity index (χ0) is 13.0. The van der Waals surface area contributed by atoms with Crippen LogP contribution in [-0.4, -0.2) is 15.7 Å². The van der Waals surface area contributed by atoms with Gasteiger partial charge in [0.2, 0.25) is 0 Å². The molecule has 5 nitrogen and oxygen atoms in total. The lowest BCUT2D eigenvalue weighted by atomic mass is 10.1. The van der Waals surface area contributed by atoms with Crippen LogP contribution in [0.5, 0.6) is 0 Å². The molecular formula is C13H15N3O2. The summed E-state index contributed by atoms with van der Waals surface area (Å²) < 4.78 is 6.80. The standard InChI is InChI=1S/C13H15N3O2/c1-16-7-6-11(15-16)9-18-13(17)8-10-4-2-3-5-12(10)14/h2-7H,8-9,14H2,1H3. The number of anilines is 1. The van der Waals surface area contributed by atoms with Crippen molar-refractivity contribution in [2.45, 2.75) is 13.0 Å². The number of esters is 1. The molecule has 0 fully saturated rings. The highest BCUT2D eigenvalue weighted by Gasteiger charge is 2.08. The summed E-state index contributed by atoms with van der Waals surface area (Å²) in [5.74, 6) is -0.307. The lowest BCUT2D eigenvalue weighted by Crippen LogP contribution is -2.09. The van der Waals surface area contributed by atoms with E-state index in [1.165, 1.54) is 0 Å². The van der Waals surface area contributed by atoms with Crippen molar-refractivity contribution in [3.63, 3.8) is 0 Å². The number of nitrogens with two attached hydrogens (primary N) is 1. The third-order valence-corrected chi connectivity index (χ3v) is 2.54. The molecule has 2 N–H and O–H groups in total. The number of nitrogen functional groups attached to an aromatic ring is 1. The van der Waals surface area contributed by atoms with Crippen LogP contribution in [0.25, 0.3) is 0 Å². The average molecular weight is 245 g/mol. The Hall–Kier alpha value is -2.30. The molecular weight excluding hydrogens is 230 g/mol. The van der Waals surface area contributed by atoms with Gasteiger partial charge in [-0.05, 0) is 17.7 Å². The van der Waals surface area contributed by atoms with E-state index in [2.05, 4.69) is 5.10 Å². The first-order chi connectivity index (χ1) is 8.65. The third kappa shape index (κ3) is 3.10. The van der Waals surface area contributed by atoms with Crippen molar-refractivity contribution >= 4 is 11.7 Å². The molecule has 0 aliphatic rings. The van der Waals surface area contributed by atoms with Gasteiger partial charge in [0.15, 0.2) is 0 Å². The maximum Gasteiger partial charge on any atom is 0.310 e. The van der Waals surface area contributed by atoms with Crippen LogP contribution in [0.2, 0.25) is 0 Å². The summed E-state index contributed by atoms with van der Waals surface area (Å²) >= 11 is 0. The van der Waals surface area contributed by atoms with Crippen molar-refractivity contribution in [1.82, 2.24) is 9.78 Å². The van der Waals surface area contributed by atoms with Crippen LogP contribution < -0.4 is 5.73 Å². The van der Waals surface area contributed by atoms with Crippen LogP contribution in [0.15, 0.2) is 36.5 Å². The fourth-order valence-corrected chi connectivity index (χ4v) is 1.60. The summed E-state index contributed by atoms with van der Waals surface area (Å²) in [5, 5.41) is 4.12. The van der Waals surface area contributed by atoms with E-state index in [-0.39, 0.29) is 19.0 Å². The van der Waals surface area contributed by atoms with Gasteiger partial charge in [-0.25, -0.2) is 0 Å². The summed E-state index contributed by atoms with van der Waals surface area (Å²) in [6.07, 6.45) is 1.98. The van der Waals surface area contributed by atoms with E-state index in [1.807, 2.05) is 31.3 Å². The average Bonchev–Trinajstić information content (AvgIpc) is 2.76. The number of hydrogen-bond donors (Lipinski definition) is 1. The number of carbonyl (C=O) groups excluding carboxylic acids is 1. The molecule has 0 aliphatic heterocycles. The van der Waals surface area contributed by atoms with Gasteiger partial charge >= 0.3 is 5.97 Å². The molecule has 94 valence electrons. The largest absolute Gasteiger partial charge is 0.459 e. The summed E-state index contributed by atoms with van der Waals surface area (Å²) in [6, 6.07) is 9.07.